The zero-order chi connectivity index (χ0) is 14.7. The second-order valence-corrected chi connectivity index (χ2v) is 5.95. The Kier molecular flexibility index (Phi) is 4.78. The number of methoxy groups -OCH3 is 1. The van der Waals surface area contributed by atoms with Gasteiger partial charge in [-0.1, -0.05) is 11.6 Å². The number of halogens is 1. The van der Waals surface area contributed by atoms with E-state index in [4.69, 9.17) is 22.1 Å². The van der Waals surface area contributed by atoms with Crippen molar-refractivity contribution < 1.29 is 4.74 Å². The molecular weight excluding hydrogens is 292 g/mol. The van der Waals surface area contributed by atoms with Gasteiger partial charge >= 0.3 is 0 Å². The highest BCUT2D eigenvalue weighted by atomic mass is 35.5. The molecule has 2 N–H and O–H groups in total. The number of hydrogen-bond donors (Lipinski definition) is 1. The van der Waals surface area contributed by atoms with Gasteiger partial charge in [0.25, 0.3) is 0 Å². The van der Waals surface area contributed by atoms with Gasteiger partial charge in [0.05, 0.1) is 17.8 Å². The molecule has 1 heterocycles. The molecule has 0 saturated heterocycles. The molecule has 0 aliphatic rings. The van der Waals surface area contributed by atoms with E-state index in [0.29, 0.717) is 10.7 Å². The molecular formula is C15H17ClN2OS. The van der Waals surface area contributed by atoms with Crippen LogP contribution in [-0.2, 0) is 5.75 Å². The molecule has 2 aromatic rings. The maximum atomic E-state index is 6.16. The van der Waals surface area contributed by atoms with Crippen LogP contribution >= 0.6 is 23.4 Å². The van der Waals surface area contributed by atoms with E-state index in [1.807, 2.05) is 32.2 Å². The number of ether oxygens (including phenoxy) is 1. The molecule has 0 amide bonds. The quantitative estimate of drug-likeness (QED) is 0.678. The molecule has 1 aromatic carbocycles. The van der Waals surface area contributed by atoms with E-state index >= 15 is 0 Å². The second kappa shape index (κ2) is 6.37. The van der Waals surface area contributed by atoms with Crippen LogP contribution in [0, 0.1) is 13.8 Å². The van der Waals surface area contributed by atoms with Gasteiger partial charge in [0.15, 0.2) is 0 Å². The first-order chi connectivity index (χ1) is 9.52. The number of aryl methyl sites for hydroxylation is 1. The van der Waals surface area contributed by atoms with Crippen molar-refractivity contribution in [3.63, 3.8) is 0 Å². The van der Waals surface area contributed by atoms with E-state index in [1.165, 1.54) is 0 Å². The first-order valence-corrected chi connectivity index (χ1v) is 7.56. The highest BCUT2D eigenvalue weighted by molar-refractivity contribution is 7.98. The van der Waals surface area contributed by atoms with Crippen molar-refractivity contribution in [3.8, 4) is 5.75 Å². The summed E-state index contributed by atoms with van der Waals surface area (Å²) in [5.74, 6) is 1.63. The van der Waals surface area contributed by atoms with Crippen LogP contribution in [0.2, 0.25) is 5.02 Å². The molecule has 106 valence electrons. The third-order valence-electron chi connectivity index (χ3n) is 3.07. The molecule has 0 fully saturated rings. The Hall–Kier alpha value is -1.39. The maximum absolute atomic E-state index is 6.16. The highest BCUT2D eigenvalue weighted by Crippen LogP contribution is 2.33. The first-order valence-electron chi connectivity index (χ1n) is 6.19. The van der Waals surface area contributed by atoms with Gasteiger partial charge in [-0.05, 0) is 32.0 Å². The summed E-state index contributed by atoms with van der Waals surface area (Å²) >= 11 is 7.79. The number of hydrogen-bond acceptors (Lipinski definition) is 4. The average Bonchev–Trinajstić information content (AvgIpc) is 2.42. The Balaban J connectivity index is 2.21. The van der Waals surface area contributed by atoms with Crippen molar-refractivity contribution in [2.75, 3.05) is 12.8 Å². The number of aromatic nitrogens is 1. The fourth-order valence-corrected chi connectivity index (χ4v) is 3.28. The number of nitrogens with two attached hydrogens (primary N) is 1. The van der Waals surface area contributed by atoms with Gasteiger partial charge in [-0.15, -0.1) is 11.8 Å². The summed E-state index contributed by atoms with van der Waals surface area (Å²) in [5, 5.41) is 0.709. The molecule has 1 aromatic heterocycles. The van der Waals surface area contributed by atoms with Crippen LogP contribution in [0.25, 0.3) is 0 Å². The minimum Gasteiger partial charge on any atom is -0.496 e. The Morgan fingerprint density at radius 2 is 2.10 bits per heavy atom. The number of thioether (sulfide) groups is 1. The maximum Gasteiger partial charge on any atom is 0.128 e. The molecule has 0 saturated carbocycles. The van der Waals surface area contributed by atoms with E-state index < -0.39 is 0 Å². The third kappa shape index (κ3) is 3.19. The molecule has 0 aliphatic heterocycles. The van der Waals surface area contributed by atoms with Crippen molar-refractivity contribution >= 4 is 29.1 Å². The molecule has 20 heavy (non-hydrogen) atoms. The fraction of sp³-hybridized carbons (Fsp3) is 0.267. The van der Waals surface area contributed by atoms with Gasteiger partial charge in [0, 0.05) is 33.7 Å². The summed E-state index contributed by atoms with van der Waals surface area (Å²) in [7, 11) is 1.68. The number of benzene rings is 1. The lowest BCUT2D eigenvalue weighted by Crippen LogP contribution is -1.98. The average molecular weight is 309 g/mol. The van der Waals surface area contributed by atoms with Gasteiger partial charge in [-0.3, -0.25) is 4.98 Å². The van der Waals surface area contributed by atoms with Gasteiger partial charge in [-0.25, -0.2) is 0 Å². The zero-order valence-electron chi connectivity index (χ0n) is 11.7. The van der Waals surface area contributed by atoms with Crippen LogP contribution in [0.4, 0.5) is 5.69 Å². The van der Waals surface area contributed by atoms with E-state index in [-0.39, 0.29) is 0 Å². The van der Waals surface area contributed by atoms with E-state index in [1.54, 1.807) is 24.9 Å². The Labute approximate surface area is 128 Å². The van der Waals surface area contributed by atoms with Crippen molar-refractivity contribution in [3.05, 3.63) is 46.2 Å². The van der Waals surface area contributed by atoms with Gasteiger partial charge in [0.2, 0.25) is 0 Å². The van der Waals surface area contributed by atoms with Crippen LogP contribution in [0.3, 0.4) is 0 Å². The van der Waals surface area contributed by atoms with E-state index in [9.17, 15) is 0 Å². The Morgan fingerprint density at radius 3 is 2.80 bits per heavy atom. The summed E-state index contributed by atoms with van der Waals surface area (Å²) in [6.45, 7) is 4.01. The Morgan fingerprint density at radius 1 is 1.35 bits per heavy atom. The van der Waals surface area contributed by atoms with E-state index in [2.05, 4.69) is 4.98 Å². The molecule has 0 atom stereocenters. The molecule has 0 bridgehead atoms. The number of rotatable bonds is 4. The molecule has 2 rings (SSSR count). The van der Waals surface area contributed by atoms with Crippen LogP contribution in [-0.4, -0.2) is 12.1 Å². The van der Waals surface area contributed by atoms with Gasteiger partial charge in [-0.2, -0.15) is 0 Å². The SMILES string of the molecule is COc1c(C)cnc(CSc2cc(N)ccc2Cl)c1C. The van der Waals surface area contributed by atoms with Crippen molar-refractivity contribution in [1.82, 2.24) is 4.98 Å². The first kappa shape index (κ1) is 15.0. The summed E-state index contributed by atoms with van der Waals surface area (Å²) in [4.78, 5) is 5.44. The second-order valence-electron chi connectivity index (χ2n) is 4.52. The summed E-state index contributed by atoms with van der Waals surface area (Å²) in [5.41, 5.74) is 9.60. The standard InChI is InChI=1S/C15H17ClN2OS/c1-9-7-18-13(10(2)15(9)19-3)8-20-14-6-11(17)4-5-12(14)16/h4-7H,8,17H2,1-3H3. The van der Waals surface area contributed by atoms with Crippen molar-refractivity contribution in [1.29, 1.82) is 0 Å². The third-order valence-corrected chi connectivity index (χ3v) is 4.58. The fourth-order valence-electron chi connectivity index (χ4n) is 1.99. The van der Waals surface area contributed by atoms with Crippen molar-refractivity contribution in [2.24, 2.45) is 0 Å². The predicted molar refractivity (Wildman–Crippen MR) is 85.7 cm³/mol. The zero-order valence-corrected chi connectivity index (χ0v) is 13.3. The largest absolute Gasteiger partial charge is 0.496 e. The van der Waals surface area contributed by atoms with E-state index in [0.717, 1.165) is 33.2 Å². The molecule has 0 radical (unpaired) electrons. The molecule has 3 nitrogen and oxygen atoms in total. The normalized spacial score (nSPS) is 10.6. The highest BCUT2D eigenvalue weighted by Gasteiger charge is 2.10. The summed E-state index contributed by atoms with van der Waals surface area (Å²) < 4.78 is 5.42. The lowest BCUT2D eigenvalue weighted by Gasteiger charge is -2.12. The number of nitrogens with zero attached hydrogens (tertiary/aromatic N) is 1. The summed E-state index contributed by atoms with van der Waals surface area (Å²) in [6.07, 6.45) is 1.84. The molecule has 5 heteroatoms. The van der Waals surface area contributed by atoms with Crippen LogP contribution in [0.15, 0.2) is 29.3 Å². The van der Waals surface area contributed by atoms with Gasteiger partial charge in [0.1, 0.15) is 5.75 Å². The summed E-state index contributed by atoms with van der Waals surface area (Å²) in [6, 6.07) is 5.49. The van der Waals surface area contributed by atoms with Crippen molar-refractivity contribution in [2.45, 2.75) is 24.5 Å². The lowest BCUT2D eigenvalue weighted by atomic mass is 10.1. The molecule has 0 unspecified atom stereocenters. The smallest absolute Gasteiger partial charge is 0.128 e. The number of nitrogen functional groups attached to an aromatic ring is 1. The van der Waals surface area contributed by atoms with Crippen LogP contribution in [0.1, 0.15) is 16.8 Å². The molecule has 0 spiro atoms. The van der Waals surface area contributed by atoms with Crippen LogP contribution < -0.4 is 10.5 Å². The minimum absolute atomic E-state index is 0.709. The van der Waals surface area contributed by atoms with Crippen LogP contribution in [0.5, 0.6) is 5.75 Å². The number of anilines is 1. The Bertz CT molecular complexity index is 632. The topological polar surface area (TPSA) is 48.1 Å². The number of pyridine rings is 1. The van der Waals surface area contributed by atoms with Gasteiger partial charge < -0.3 is 10.5 Å². The monoisotopic (exact) mass is 308 g/mol. The minimum atomic E-state index is 0.709. The lowest BCUT2D eigenvalue weighted by molar-refractivity contribution is 0.407. The molecule has 0 aliphatic carbocycles. The predicted octanol–water partition coefficient (Wildman–Crippen LogP) is 4.23.